The van der Waals surface area contributed by atoms with E-state index in [4.69, 9.17) is 28.4 Å². The summed E-state index contributed by atoms with van der Waals surface area (Å²) in [6, 6.07) is -0.723. The van der Waals surface area contributed by atoms with E-state index >= 15 is 0 Å². The van der Waals surface area contributed by atoms with Gasteiger partial charge < -0.3 is 49.1 Å². The summed E-state index contributed by atoms with van der Waals surface area (Å²) >= 11 is 0. The Hall–Kier alpha value is -0.930. The molecule has 0 aromatic heterocycles. The number of rotatable bonds is 9. The number of aliphatic hydroxyl groups excluding tert-OH is 2. The number of likely N-dealkylation sites (N-methyl/N-ethyl adjacent to an activating group) is 1. The number of ether oxygens (including phenoxy) is 6. The topological polar surface area (TPSA) is 148 Å². The highest BCUT2D eigenvalue weighted by atomic mass is 16.7. The average molecular weight is 743 g/mol. The van der Waals surface area contributed by atoms with Gasteiger partial charge in [-0.25, -0.2) is 0 Å². The van der Waals surface area contributed by atoms with Crippen LogP contribution < -0.4 is 5.32 Å². The largest absolute Gasteiger partial charge is 0.390 e. The van der Waals surface area contributed by atoms with Gasteiger partial charge in [-0.05, 0) is 80.7 Å². The highest BCUT2D eigenvalue weighted by Gasteiger charge is 2.57. The zero-order chi connectivity index (χ0) is 39.1. The molecule has 4 saturated heterocycles. The van der Waals surface area contributed by atoms with E-state index in [1.165, 1.54) is 0 Å². The van der Waals surface area contributed by atoms with Crippen molar-refractivity contribution in [3.63, 3.8) is 0 Å². The summed E-state index contributed by atoms with van der Waals surface area (Å²) in [7, 11) is 3.71. The van der Waals surface area contributed by atoms with Gasteiger partial charge in [-0.3, -0.25) is 9.69 Å². The number of aliphatic hydroxyl groups is 3. The Kier molecular flexibility index (Phi) is 14.4. The van der Waals surface area contributed by atoms with Gasteiger partial charge in [0.1, 0.15) is 11.7 Å². The van der Waals surface area contributed by atoms with Gasteiger partial charge in [0.05, 0.1) is 59.8 Å². The molecule has 0 aliphatic carbocycles. The molecule has 2 bridgehead atoms. The number of methoxy groups -OCH3 is 1. The molecule has 52 heavy (non-hydrogen) atoms. The van der Waals surface area contributed by atoms with Crippen LogP contribution in [0.3, 0.4) is 0 Å². The highest BCUT2D eigenvalue weighted by Crippen LogP contribution is 2.47. The summed E-state index contributed by atoms with van der Waals surface area (Å²) in [6.45, 7) is 23.7. The molecule has 18 atom stereocenters. The molecular formula is C40H74N2O10. The molecule has 4 rings (SSSR count). The van der Waals surface area contributed by atoms with Crippen molar-refractivity contribution in [3.05, 3.63) is 0 Å². The Morgan fingerprint density at radius 3 is 2.21 bits per heavy atom. The van der Waals surface area contributed by atoms with E-state index < -0.39 is 83.7 Å². The second-order valence-corrected chi connectivity index (χ2v) is 18.1. The zero-order valence-electron chi connectivity index (χ0n) is 34.6. The highest BCUT2D eigenvalue weighted by molar-refractivity contribution is 5.79. The number of nitrogens with zero attached hydrogens (tertiary/aromatic N) is 1. The maximum atomic E-state index is 14.4. The Balaban J connectivity index is 1.84. The van der Waals surface area contributed by atoms with E-state index in [-0.39, 0.29) is 36.1 Å². The van der Waals surface area contributed by atoms with Gasteiger partial charge in [0.25, 0.3) is 0 Å². The molecule has 0 saturated carbocycles. The van der Waals surface area contributed by atoms with Crippen molar-refractivity contribution in [2.45, 2.75) is 212 Å². The van der Waals surface area contributed by atoms with E-state index in [0.717, 1.165) is 0 Å². The van der Waals surface area contributed by atoms with Crippen LogP contribution in [0.4, 0.5) is 0 Å². The minimum Gasteiger partial charge on any atom is -0.390 e. The molecule has 4 aliphatic rings. The molecule has 0 radical (unpaired) electrons. The second kappa shape index (κ2) is 17.1. The quantitative estimate of drug-likeness (QED) is 0.267. The lowest BCUT2D eigenvalue weighted by atomic mass is 9.75. The first-order valence-electron chi connectivity index (χ1n) is 20.0. The number of fused-ring (bicyclic) bond motifs is 2. The fourth-order valence-corrected chi connectivity index (χ4v) is 9.80. The van der Waals surface area contributed by atoms with Crippen LogP contribution in [-0.4, -0.2) is 131 Å². The molecule has 4 heterocycles. The smallest absolute Gasteiger partial charge is 0.225 e. The molecular weight excluding hydrogens is 668 g/mol. The van der Waals surface area contributed by atoms with Crippen molar-refractivity contribution in [2.24, 2.45) is 23.7 Å². The van der Waals surface area contributed by atoms with Crippen LogP contribution in [-0.2, 0) is 33.2 Å². The van der Waals surface area contributed by atoms with E-state index in [1.807, 2.05) is 62.4 Å². The lowest BCUT2D eigenvalue weighted by Gasteiger charge is -2.48. The van der Waals surface area contributed by atoms with Crippen molar-refractivity contribution in [3.8, 4) is 0 Å². The van der Waals surface area contributed by atoms with Gasteiger partial charge in [0.15, 0.2) is 12.6 Å². The van der Waals surface area contributed by atoms with E-state index in [9.17, 15) is 20.1 Å². The fourth-order valence-electron chi connectivity index (χ4n) is 9.80. The summed E-state index contributed by atoms with van der Waals surface area (Å²) in [5.74, 6) is -2.02. The van der Waals surface area contributed by atoms with Gasteiger partial charge >= 0.3 is 0 Å². The van der Waals surface area contributed by atoms with Crippen molar-refractivity contribution in [1.29, 1.82) is 0 Å². The Morgan fingerprint density at radius 1 is 0.962 bits per heavy atom. The summed E-state index contributed by atoms with van der Waals surface area (Å²) in [5.41, 5.74) is -3.07. The average Bonchev–Trinajstić information content (AvgIpc) is 3.38. The number of amides is 1. The summed E-state index contributed by atoms with van der Waals surface area (Å²) in [5, 5.41) is 38.8. The second-order valence-electron chi connectivity index (χ2n) is 18.1. The fraction of sp³-hybridized carbons (Fsp3) is 0.975. The minimum absolute atomic E-state index is 0.0106. The van der Waals surface area contributed by atoms with Crippen molar-refractivity contribution < 1.29 is 48.5 Å². The molecule has 0 aromatic carbocycles. The van der Waals surface area contributed by atoms with E-state index in [0.29, 0.717) is 38.5 Å². The first-order valence-corrected chi connectivity index (χ1v) is 20.0. The molecule has 304 valence electrons. The number of hydrogen-bond donors (Lipinski definition) is 4. The molecule has 1 amide bonds. The normalized spacial score (nSPS) is 49.7. The van der Waals surface area contributed by atoms with Gasteiger partial charge in [-0.1, -0.05) is 41.0 Å². The zero-order valence-corrected chi connectivity index (χ0v) is 34.6. The lowest BCUT2D eigenvalue weighted by molar-refractivity contribution is -0.312. The Labute approximate surface area is 313 Å². The molecule has 7 unspecified atom stereocenters. The molecule has 0 spiro atoms. The van der Waals surface area contributed by atoms with Crippen LogP contribution in [0.15, 0.2) is 0 Å². The van der Waals surface area contributed by atoms with Crippen LogP contribution in [0.2, 0.25) is 0 Å². The first-order chi connectivity index (χ1) is 24.1. The van der Waals surface area contributed by atoms with Gasteiger partial charge in [0.2, 0.25) is 5.91 Å². The molecule has 4 fully saturated rings. The maximum absolute atomic E-state index is 14.4. The Bertz CT molecular complexity index is 1180. The number of nitrogens with one attached hydrogen (secondary N) is 1. The standard InChI is InChI=1S/C40H74N2O10/c1-15-16-29-40(12,46)34(44)25(7)32-22(4)18-39(11,52-32)35(51-37-31(43)28(17-23(5)49-37)42(13)21(2)3)26(8)33(27(9)36(45)41-29)50-30-20-38(10,47-14)19-24(6)48-30/h21-35,37,43-44,46H,15-20H2,1-14H3,(H,41,45)/t22-,23?,24?,25+,26+,27-,28?,29-,30?,31?,32-,33+,34-,35-,37?,38?,39-,40-/m1/s1. The van der Waals surface area contributed by atoms with Crippen LogP contribution in [0.1, 0.15) is 122 Å². The van der Waals surface area contributed by atoms with Crippen LogP contribution in [0, 0.1) is 23.7 Å². The summed E-state index contributed by atoms with van der Waals surface area (Å²) in [4.78, 5) is 16.6. The molecule has 4 N–H and O–H groups in total. The van der Waals surface area contributed by atoms with Gasteiger partial charge in [-0.2, -0.15) is 0 Å². The minimum atomic E-state index is -1.64. The predicted octanol–water partition coefficient (Wildman–Crippen LogP) is 4.39. The third kappa shape index (κ3) is 9.19. The van der Waals surface area contributed by atoms with Crippen molar-refractivity contribution >= 4 is 5.91 Å². The first kappa shape index (κ1) is 43.8. The van der Waals surface area contributed by atoms with E-state index in [2.05, 4.69) is 31.0 Å². The maximum Gasteiger partial charge on any atom is 0.225 e. The van der Waals surface area contributed by atoms with Crippen molar-refractivity contribution in [2.75, 3.05) is 14.2 Å². The summed E-state index contributed by atoms with van der Waals surface area (Å²) in [6.07, 6.45) is -2.47. The molecule has 12 heteroatoms. The monoisotopic (exact) mass is 743 g/mol. The number of hydrogen-bond acceptors (Lipinski definition) is 11. The number of carbonyl (C=O) groups excluding carboxylic acids is 1. The third-order valence-electron chi connectivity index (χ3n) is 13.1. The number of carbonyl (C=O) groups is 1. The molecule has 0 aromatic rings. The van der Waals surface area contributed by atoms with Crippen LogP contribution >= 0.6 is 0 Å². The van der Waals surface area contributed by atoms with Gasteiger partial charge in [0, 0.05) is 43.9 Å². The van der Waals surface area contributed by atoms with Crippen molar-refractivity contribution in [1.82, 2.24) is 10.2 Å². The lowest BCUT2D eigenvalue weighted by Crippen LogP contribution is -2.61. The molecule has 12 nitrogen and oxygen atoms in total. The van der Waals surface area contributed by atoms with Crippen LogP contribution in [0.5, 0.6) is 0 Å². The third-order valence-corrected chi connectivity index (χ3v) is 13.1. The molecule has 4 aliphatic heterocycles. The van der Waals surface area contributed by atoms with Crippen LogP contribution in [0.25, 0.3) is 0 Å². The Morgan fingerprint density at radius 2 is 1.62 bits per heavy atom. The van der Waals surface area contributed by atoms with Gasteiger partial charge in [-0.15, -0.1) is 0 Å². The summed E-state index contributed by atoms with van der Waals surface area (Å²) < 4.78 is 39.7. The van der Waals surface area contributed by atoms with E-state index in [1.54, 1.807) is 14.0 Å². The SMILES string of the molecule is CCC[C@H]1NC(=O)[C@H](C)[C@@H](OC2CC(C)(OC)CC(C)O2)[C@H](C)[C@@H](OC2OC(C)CC(N(C)C(C)C)C2O)[C@@]2(C)C[C@@H](C)[C@@H](O2)[C@H](C)[C@@H](O)[C@]1(C)O. The predicted molar refractivity (Wildman–Crippen MR) is 198 cm³/mol.